The molecule has 0 saturated heterocycles. The number of benzene rings is 1. The molecule has 0 fully saturated rings. The van der Waals surface area contributed by atoms with Gasteiger partial charge in [-0.25, -0.2) is 0 Å². The normalized spacial score (nSPS) is 12.2. The molecule has 1 unspecified atom stereocenters. The largest absolute Gasteiger partial charge is 0.495 e. The predicted octanol–water partition coefficient (Wildman–Crippen LogP) is 3.36. The number of aryl methyl sites for hydroxylation is 1. The van der Waals surface area contributed by atoms with Gasteiger partial charge >= 0.3 is 0 Å². The highest BCUT2D eigenvalue weighted by molar-refractivity contribution is 6.31. The maximum atomic E-state index is 6.07. The Bertz CT molecular complexity index is 572. The molecule has 1 atom stereocenters. The number of aromatic nitrogens is 1. The SMILES string of the molecule is CNC(c1cncc(OC)c1)c1ccc(Cl)c(C)c1. The van der Waals surface area contributed by atoms with Gasteiger partial charge in [0, 0.05) is 11.2 Å². The van der Waals surface area contributed by atoms with E-state index in [9.17, 15) is 0 Å². The number of methoxy groups -OCH3 is 1. The zero-order valence-electron chi connectivity index (χ0n) is 11.3. The Kier molecular flexibility index (Phi) is 4.40. The van der Waals surface area contributed by atoms with Crippen LogP contribution in [0.1, 0.15) is 22.7 Å². The third kappa shape index (κ3) is 3.06. The topological polar surface area (TPSA) is 34.2 Å². The Hall–Kier alpha value is -1.58. The molecule has 0 aliphatic heterocycles. The molecule has 0 saturated carbocycles. The second kappa shape index (κ2) is 6.04. The molecule has 1 aromatic carbocycles. The predicted molar refractivity (Wildman–Crippen MR) is 77.9 cm³/mol. The molecule has 0 aliphatic carbocycles. The van der Waals surface area contributed by atoms with Crippen LogP contribution in [0, 0.1) is 6.92 Å². The van der Waals surface area contributed by atoms with Gasteiger partial charge in [-0.05, 0) is 42.8 Å². The van der Waals surface area contributed by atoms with E-state index in [-0.39, 0.29) is 6.04 Å². The van der Waals surface area contributed by atoms with Crippen molar-refractivity contribution in [2.75, 3.05) is 14.2 Å². The van der Waals surface area contributed by atoms with E-state index in [2.05, 4.69) is 16.4 Å². The van der Waals surface area contributed by atoms with Crippen molar-refractivity contribution in [1.82, 2.24) is 10.3 Å². The Morgan fingerprint density at radius 1 is 1.21 bits per heavy atom. The zero-order valence-corrected chi connectivity index (χ0v) is 12.0. The summed E-state index contributed by atoms with van der Waals surface area (Å²) >= 11 is 6.07. The van der Waals surface area contributed by atoms with Crippen LogP contribution in [0.2, 0.25) is 5.02 Å². The van der Waals surface area contributed by atoms with Crippen molar-refractivity contribution in [1.29, 1.82) is 0 Å². The quantitative estimate of drug-likeness (QED) is 0.930. The third-order valence-electron chi connectivity index (χ3n) is 3.11. The molecule has 1 N–H and O–H groups in total. The minimum Gasteiger partial charge on any atom is -0.495 e. The highest BCUT2D eigenvalue weighted by Gasteiger charge is 2.14. The van der Waals surface area contributed by atoms with Crippen molar-refractivity contribution in [2.45, 2.75) is 13.0 Å². The minimum atomic E-state index is 0.0681. The first kappa shape index (κ1) is 13.8. The van der Waals surface area contributed by atoms with E-state index < -0.39 is 0 Å². The second-order valence-electron chi connectivity index (χ2n) is 4.39. The lowest BCUT2D eigenvalue weighted by Gasteiger charge is -2.18. The van der Waals surface area contributed by atoms with Gasteiger partial charge in [-0.1, -0.05) is 23.7 Å². The van der Waals surface area contributed by atoms with E-state index in [1.54, 1.807) is 13.3 Å². The molecule has 2 aromatic rings. The van der Waals surface area contributed by atoms with E-state index in [4.69, 9.17) is 16.3 Å². The maximum absolute atomic E-state index is 6.07. The maximum Gasteiger partial charge on any atom is 0.137 e. The fourth-order valence-electron chi connectivity index (χ4n) is 2.08. The van der Waals surface area contributed by atoms with E-state index in [0.717, 1.165) is 27.5 Å². The monoisotopic (exact) mass is 276 g/mol. The number of nitrogens with one attached hydrogen (secondary N) is 1. The van der Waals surface area contributed by atoms with Gasteiger partial charge in [-0.15, -0.1) is 0 Å². The summed E-state index contributed by atoms with van der Waals surface area (Å²) in [7, 11) is 3.57. The fraction of sp³-hybridized carbons (Fsp3) is 0.267. The number of hydrogen-bond acceptors (Lipinski definition) is 3. The Morgan fingerprint density at radius 2 is 2.00 bits per heavy atom. The fourth-order valence-corrected chi connectivity index (χ4v) is 2.20. The number of hydrogen-bond donors (Lipinski definition) is 1. The molecule has 100 valence electrons. The molecule has 19 heavy (non-hydrogen) atoms. The van der Waals surface area contributed by atoms with E-state index in [0.29, 0.717) is 0 Å². The van der Waals surface area contributed by atoms with Gasteiger partial charge in [0.15, 0.2) is 0 Å². The summed E-state index contributed by atoms with van der Waals surface area (Å²) in [5.74, 6) is 0.753. The molecule has 4 heteroatoms. The van der Waals surface area contributed by atoms with Gasteiger partial charge in [0.25, 0.3) is 0 Å². The lowest BCUT2D eigenvalue weighted by molar-refractivity contribution is 0.411. The van der Waals surface area contributed by atoms with Gasteiger partial charge in [0.2, 0.25) is 0 Å². The number of rotatable bonds is 4. The highest BCUT2D eigenvalue weighted by atomic mass is 35.5. The van der Waals surface area contributed by atoms with Crippen LogP contribution in [-0.4, -0.2) is 19.1 Å². The Morgan fingerprint density at radius 3 is 2.63 bits per heavy atom. The molecular formula is C15H17ClN2O. The summed E-state index contributed by atoms with van der Waals surface area (Å²) < 4.78 is 5.22. The van der Waals surface area contributed by atoms with Crippen molar-refractivity contribution in [3.05, 3.63) is 58.4 Å². The molecule has 0 amide bonds. The first-order valence-corrected chi connectivity index (χ1v) is 6.45. The van der Waals surface area contributed by atoms with Gasteiger partial charge in [0.05, 0.1) is 19.3 Å². The van der Waals surface area contributed by atoms with E-state index >= 15 is 0 Å². The lowest BCUT2D eigenvalue weighted by atomic mass is 9.98. The van der Waals surface area contributed by atoms with E-state index in [1.807, 2.05) is 38.4 Å². The van der Waals surface area contributed by atoms with Crippen LogP contribution < -0.4 is 10.1 Å². The summed E-state index contributed by atoms with van der Waals surface area (Å²) in [6.07, 6.45) is 3.54. The summed E-state index contributed by atoms with van der Waals surface area (Å²) in [6, 6.07) is 8.08. The van der Waals surface area contributed by atoms with Crippen molar-refractivity contribution < 1.29 is 4.74 Å². The summed E-state index contributed by atoms with van der Waals surface area (Å²) in [4.78, 5) is 4.20. The summed E-state index contributed by atoms with van der Waals surface area (Å²) in [6.45, 7) is 2.00. The zero-order chi connectivity index (χ0) is 13.8. The van der Waals surface area contributed by atoms with Crippen molar-refractivity contribution in [3.8, 4) is 5.75 Å². The number of pyridine rings is 1. The Labute approximate surface area is 118 Å². The second-order valence-corrected chi connectivity index (χ2v) is 4.80. The molecule has 0 spiro atoms. The number of halogens is 1. The van der Waals surface area contributed by atoms with Gasteiger partial charge < -0.3 is 10.1 Å². The molecule has 1 heterocycles. The first-order valence-electron chi connectivity index (χ1n) is 6.08. The highest BCUT2D eigenvalue weighted by Crippen LogP contribution is 2.26. The van der Waals surface area contributed by atoms with Gasteiger partial charge in [0.1, 0.15) is 5.75 Å². The van der Waals surface area contributed by atoms with Crippen LogP contribution in [0.15, 0.2) is 36.7 Å². The van der Waals surface area contributed by atoms with Gasteiger partial charge in [-0.3, -0.25) is 4.98 Å². The molecule has 1 aromatic heterocycles. The van der Waals surface area contributed by atoms with Crippen molar-refractivity contribution in [2.24, 2.45) is 0 Å². The molecule has 2 rings (SSSR count). The van der Waals surface area contributed by atoms with E-state index in [1.165, 1.54) is 0 Å². The smallest absolute Gasteiger partial charge is 0.137 e. The Balaban J connectivity index is 2.40. The van der Waals surface area contributed by atoms with Crippen molar-refractivity contribution >= 4 is 11.6 Å². The van der Waals surface area contributed by atoms with Gasteiger partial charge in [-0.2, -0.15) is 0 Å². The molecule has 0 bridgehead atoms. The van der Waals surface area contributed by atoms with Crippen molar-refractivity contribution in [3.63, 3.8) is 0 Å². The minimum absolute atomic E-state index is 0.0681. The summed E-state index contributed by atoms with van der Waals surface area (Å²) in [5, 5.41) is 4.07. The molecule has 0 radical (unpaired) electrons. The molecular weight excluding hydrogens is 260 g/mol. The average molecular weight is 277 g/mol. The van der Waals surface area contributed by atoms with Crippen LogP contribution in [0.25, 0.3) is 0 Å². The lowest BCUT2D eigenvalue weighted by Crippen LogP contribution is -2.18. The molecule has 0 aliphatic rings. The molecule has 3 nitrogen and oxygen atoms in total. The van der Waals surface area contributed by atoms with Crippen LogP contribution in [0.4, 0.5) is 0 Å². The first-order chi connectivity index (χ1) is 9.15. The average Bonchev–Trinajstić information content (AvgIpc) is 2.44. The van der Waals surface area contributed by atoms with Crippen LogP contribution >= 0.6 is 11.6 Å². The third-order valence-corrected chi connectivity index (χ3v) is 3.53. The van der Waals surface area contributed by atoms with Crippen LogP contribution in [0.5, 0.6) is 5.75 Å². The van der Waals surface area contributed by atoms with Crippen LogP contribution in [0.3, 0.4) is 0 Å². The number of ether oxygens (including phenoxy) is 1. The van der Waals surface area contributed by atoms with Crippen LogP contribution in [-0.2, 0) is 0 Å². The number of nitrogens with zero attached hydrogens (tertiary/aromatic N) is 1. The summed E-state index contributed by atoms with van der Waals surface area (Å²) in [5.41, 5.74) is 3.28. The standard InChI is InChI=1S/C15H17ClN2O/c1-10-6-11(4-5-14(10)16)15(17-2)12-7-13(19-3)9-18-8-12/h4-9,15,17H,1-3H3.